The highest BCUT2D eigenvalue weighted by Crippen LogP contribution is 2.44. The molecule has 2 aliphatic rings. The number of carboxylic acids is 1. The van der Waals surface area contributed by atoms with Gasteiger partial charge in [0.25, 0.3) is 0 Å². The fraction of sp³-hybridized carbons (Fsp3) is 0.480. The third-order valence-electron chi connectivity index (χ3n) is 6.97. The number of rotatable bonds is 6. The number of thiol groups is 1. The number of hydrogen-bond donors (Lipinski definition) is 2. The number of furan rings is 1. The van der Waals surface area contributed by atoms with Crippen LogP contribution in [0.2, 0.25) is 0 Å². The molecule has 0 spiro atoms. The molecule has 2 aromatic heterocycles. The van der Waals surface area contributed by atoms with E-state index in [9.17, 15) is 9.90 Å². The van der Waals surface area contributed by atoms with Crippen molar-refractivity contribution in [1.29, 1.82) is 0 Å². The first-order chi connectivity index (χ1) is 15.6. The molecule has 2 fully saturated rings. The van der Waals surface area contributed by atoms with Gasteiger partial charge < -0.3 is 18.8 Å². The van der Waals surface area contributed by atoms with Crippen molar-refractivity contribution < 1.29 is 19.1 Å². The second-order valence-corrected chi connectivity index (χ2v) is 9.48. The first kappa shape index (κ1) is 21.6. The van der Waals surface area contributed by atoms with Crippen molar-refractivity contribution in [3.63, 3.8) is 0 Å². The van der Waals surface area contributed by atoms with E-state index in [-0.39, 0.29) is 5.37 Å². The lowest BCUT2D eigenvalue weighted by atomic mass is 9.82. The van der Waals surface area contributed by atoms with E-state index in [1.807, 2.05) is 18.2 Å². The zero-order valence-corrected chi connectivity index (χ0v) is 19.1. The van der Waals surface area contributed by atoms with E-state index >= 15 is 0 Å². The van der Waals surface area contributed by atoms with E-state index in [1.165, 1.54) is 37.7 Å². The number of carbonyl (C=O) groups is 1. The molecular weight excluding hydrogens is 424 g/mol. The van der Waals surface area contributed by atoms with Crippen molar-refractivity contribution in [2.75, 3.05) is 26.3 Å². The minimum absolute atomic E-state index is 0.00726. The van der Waals surface area contributed by atoms with Gasteiger partial charge in [-0.15, -0.1) is 0 Å². The topological polar surface area (TPSA) is 67.8 Å². The van der Waals surface area contributed by atoms with Crippen LogP contribution in [-0.2, 0) is 11.3 Å². The van der Waals surface area contributed by atoms with Gasteiger partial charge in [-0.1, -0.05) is 25.3 Å². The molecule has 1 saturated heterocycles. The van der Waals surface area contributed by atoms with Crippen LogP contribution in [-0.4, -0.2) is 52.2 Å². The van der Waals surface area contributed by atoms with Gasteiger partial charge >= 0.3 is 5.97 Å². The first-order valence-electron chi connectivity index (χ1n) is 11.6. The molecule has 0 amide bonds. The molecule has 0 radical (unpaired) electrons. The molecule has 1 N–H and O–H groups in total. The highest BCUT2D eigenvalue weighted by molar-refractivity contribution is 7.80. The van der Waals surface area contributed by atoms with Gasteiger partial charge in [-0.05, 0) is 42.5 Å². The molecule has 1 aliphatic heterocycles. The Balaban J connectivity index is 1.68. The maximum atomic E-state index is 11.8. The molecule has 1 saturated carbocycles. The third kappa shape index (κ3) is 4.09. The monoisotopic (exact) mass is 454 g/mol. The zero-order chi connectivity index (χ0) is 22.1. The molecule has 0 bridgehead atoms. The standard InChI is InChI=1S/C25H30N2O4S/c28-25(29)18-6-7-20-21(14-18)27(15-22(32)26-9-12-30-13-10-26)24(19-8-11-31-16-19)23(20)17-4-2-1-3-5-17/h6-8,11,14,16-17,22,32H,1-5,9-10,12-13,15H2,(H,28,29). The van der Waals surface area contributed by atoms with Crippen LogP contribution in [0, 0.1) is 0 Å². The van der Waals surface area contributed by atoms with Crippen molar-refractivity contribution in [1.82, 2.24) is 9.47 Å². The molecule has 170 valence electrons. The Hall–Kier alpha value is -2.22. The van der Waals surface area contributed by atoms with Crippen LogP contribution in [0.25, 0.3) is 22.2 Å². The Kier molecular flexibility index (Phi) is 6.31. The average Bonchev–Trinajstić information content (AvgIpc) is 3.46. The Morgan fingerprint density at radius 3 is 2.62 bits per heavy atom. The maximum Gasteiger partial charge on any atom is 0.335 e. The summed E-state index contributed by atoms with van der Waals surface area (Å²) >= 11 is 4.97. The molecule has 6 nitrogen and oxygen atoms in total. The molecule has 3 heterocycles. The summed E-state index contributed by atoms with van der Waals surface area (Å²) in [6, 6.07) is 7.58. The van der Waals surface area contributed by atoms with Gasteiger partial charge in [-0.2, -0.15) is 12.6 Å². The van der Waals surface area contributed by atoms with Gasteiger partial charge in [-0.25, -0.2) is 4.79 Å². The van der Waals surface area contributed by atoms with Gasteiger partial charge in [0.05, 0.1) is 42.4 Å². The first-order valence-corrected chi connectivity index (χ1v) is 12.1. The Morgan fingerprint density at radius 2 is 1.94 bits per heavy atom. The van der Waals surface area contributed by atoms with Crippen molar-refractivity contribution >= 4 is 29.5 Å². The van der Waals surface area contributed by atoms with Crippen molar-refractivity contribution in [3.8, 4) is 11.3 Å². The van der Waals surface area contributed by atoms with Gasteiger partial charge in [0.15, 0.2) is 0 Å². The van der Waals surface area contributed by atoms with E-state index in [0.29, 0.717) is 31.2 Å². The summed E-state index contributed by atoms with van der Waals surface area (Å²) in [6.45, 7) is 3.80. The average molecular weight is 455 g/mol. The SMILES string of the molecule is O=C(O)c1ccc2c(C3CCCCC3)c(-c3ccoc3)n(CC(S)N3CCOCC3)c2c1. The number of ether oxygens (including phenoxy) is 1. The largest absolute Gasteiger partial charge is 0.478 e. The van der Waals surface area contributed by atoms with Crippen LogP contribution in [0.5, 0.6) is 0 Å². The summed E-state index contributed by atoms with van der Waals surface area (Å²) in [5, 5.41) is 10.8. The van der Waals surface area contributed by atoms with Crippen LogP contribution >= 0.6 is 12.6 Å². The fourth-order valence-corrected chi connectivity index (χ4v) is 5.76. The highest BCUT2D eigenvalue weighted by Gasteiger charge is 2.29. The molecule has 1 aliphatic carbocycles. The molecule has 1 unspecified atom stereocenters. The second kappa shape index (κ2) is 9.33. The quantitative estimate of drug-likeness (QED) is 0.499. The van der Waals surface area contributed by atoms with E-state index in [4.69, 9.17) is 21.8 Å². The number of hydrogen-bond acceptors (Lipinski definition) is 5. The number of aromatic nitrogens is 1. The molecule has 32 heavy (non-hydrogen) atoms. The minimum Gasteiger partial charge on any atom is -0.478 e. The number of fused-ring (bicyclic) bond motifs is 1. The summed E-state index contributed by atoms with van der Waals surface area (Å²) < 4.78 is 13.3. The van der Waals surface area contributed by atoms with Crippen LogP contribution < -0.4 is 0 Å². The number of carboxylic acid groups (broad SMARTS) is 1. The van der Waals surface area contributed by atoms with Gasteiger partial charge in [0.2, 0.25) is 0 Å². The summed E-state index contributed by atoms with van der Waals surface area (Å²) in [5.74, 6) is -0.436. The number of morpholine rings is 1. The van der Waals surface area contributed by atoms with E-state index < -0.39 is 5.97 Å². The minimum atomic E-state index is -0.903. The Labute approximate surface area is 193 Å². The van der Waals surface area contributed by atoms with Crippen molar-refractivity contribution in [2.24, 2.45) is 0 Å². The number of aromatic carboxylic acids is 1. The Bertz CT molecular complexity index is 1080. The van der Waals surface area contributed by atoms with Crippen LogP contribution in [0.1, 0.15) is 53.9 Å². The van der Waals surface area contributed by atoms with Crippen LogP contribution in [0.15, 0.2) is 41.2 Å². The third-order valence-corrected chi connectivity index (χ3v) is 7.46. The lowest BCUT2D eigenvalue weighted by Crippen LogP contribution is -2.42. The Morgan fingerprint density at radius 1 is 1.16 bits per heavy atom. The van der Waals surface area contributed by atoms with E-state index in [0.717, 1.165) is 35.2 Å². The highest BCUT2D eigenvalue weighted by atomic mass is 32.1. The molecule has 1 atom stereocenters. The van der Waals surface area contributed by atoms with Crippen LogP contribution in [0.3, 0.4) is 0 Å². The van der Waals surface area contributed by atoms with Crippen molar-refractivity contribution in [3.05, 3.63) is 47.9 Å². The molecule has 5 rings (SSSR count). The predicted molar refractivity (Wildman–Crippen MR) is 128 cm³/mol. The maximum absolute atomic E-state index is 11.8. The molecule has 7 heteroatoms. The molecular formula is C25H30N2O4S. The summed E-state index contributed by atoms with van der Waals surface area (Å²) in [6.07, 6.45) is 9.60. The molecule has 3 aromatic rings. The number of benzene rings is 1. The lowest BCUT2D eigenvalue weighted by molar-refractivity contribution is 0.0307. The summed E-state index contributed by atoms with van der Waals surface area (Å²) in [5.41, 5.74) is 4.80. The van der Waals surface area contributed by atoms with Gasteiger partial charge in [0, 0.05) is 36.1 Å². The lowest BCUT2D eigenvalue weighted by Gasteiger charge is -2.32. The van der Waals surface area contributed by atoms with Gasteiger partial charge in [-0.3, -0.25) is 4.90 Å². The van der Waals surface area contributed by atoms with Gasteiger partial charge in [0.1, 0.15) is 0 Å². The second-order valence-electron chi connectivity index (χ2n) is 8.89. The van der Waals surface area contributed by atoms with E-state index in [1.54, 1.807) is 18.6 Å². The normalized spacial score (nSPS) is 19.4. The van der Waals surface area contributed by atoms with Crippen molar-refractivity contribution in [2.45, 2.75) is 49.9 Å². The smallest absolute Gasteiger partial charge is 0.335 e. The molecule has 1 aromatic carbocycles. The van der Waals surface area contributed by atoms with Crippen LogP contribution in [0.4, 0.5) is 0 Å². The zero-order valence-electron chi connectivity index (χ0n) is 18.2. The number of nitrogens with zero attached hydrogens (tertiary/aromatic N) is 2. The summed E-state index contributed by atoms with van der Waals surface area (Å²) in [4.78, 5) is 14.1. The fourth-order valence-electron chi connectivity index (χ4n) is 5.37. The summed E-state index contributed by atoms with van der Waals surface area (Å²) in [7, 11) is 0. The predicted octanol–water partition coefficient (Wildman–Crippen LogP) is 5.24. The van der Waals surface area contributed by atoms with E-state index in [2.05, 4.69) is 9.47 Å².